The van der Waals surface area contributed by atoms with Gasteiger partial charge in [-0.05, 0) is 74.2 Å². The van der Waals surface area contributed by atoms with E-state index in [1.54, 1.807) is 12.1 Å². The summed E-state index contributed by atoms with van der Waals surface area (Å²) in [4.78, 5) is 15.3. The van der Waals surface area contributed by atoms with Crippen LogP contribution in [-0.2, 0) is 10.0 Å². The van der Waals surface area contributed by atoms with Gasteiger partial charge in [0, 0.05) is 43.0 Å². The summed E-state index contributed by atoms with van der Waals surface area (Å²) < 4.78 is 27.2. The van der Waals surface area contributed by atoms with Crippen LogP contribution in [0.3, 0.4) is 0 Å². The molecule has 0 unspecified atom stereocenters. The monoisotopic (exact) mass is 491 g/mol. The number of hydrogen-bond acceptors (Lipinski definition) is 6. The number of carbonyl (C=O) groups excluding carboxylic acids is 1. The normalized spacial score (nSPS) is 16.9. The number of rotatable bonds is 6. The summed E-state index contributed by atoms with van der Waals surface area (Å²) in [5, 5.41) is 11.6. The molecule has 0 atom stereocenters. The maximum absolute atomic E-state index is 12.8. The predicted molar refractivity (Wildman–Crippen MR) is 136 cm³/mol. The number of hydrogen-bond donors (Lipinski definition) is 1. The van der Waals surface area contributed by atoms with Gasteiger partial charge in [-0.2, -0.15) is 4.31 Å². The molecule has 8 nitrogen and oxygen atoms in total. The standard InChI is InChI=1S/C26H29N5O3S/c32-26(20-9-11-23(12-10-20)35(33,34)31-17-2-1-3-18-31)27-22-8-6-7-21(19-22)24-13-14-25(29-28-24)30-15-4-5-16-30/h6-14,19H,1-5,15-18H2,(H,27,32). The first-order valence-electron chi connectivity index (χ1n) is 12.1. The van der Waals surface area contributed by atoms with E-state index in [9.17, 15) is 13.2 Å². The quantitative estimate of drug-likeness (QED) is 0.556. The van der Waals surface area contributed by atoms with Gasteiger partial charge in [0.05, 0.1) is 10.6 Å². The van der Waals surface area contributed by atoms with Crippen LogP contribution in [0.2, 0.25) is 0 Å². The van der Waals surface area contributed by atoms with Crippen molar-refractivity contribution in [3.8, 4) is 11.3 Å². The zero-order chi connectivity index (χ0) is 24.3. The molecule has 0 aliphatic carbocycles. The van der Waals surface area contributed by atoms with Crippen molar-refractivity contribution in [2.24, 2.45) is 0 Å². The molecular formula is C26H29N5O3S. The third-order valence-electron chi connectivity index (χ3n) is 6.57. The number of nitrogens with zero attached hydrogens (tertiary/aromatic N) is 4. The van der Waals surface area contributed by atoms with Crippen LogP contribution in [0.4, 0.5) is 11.5 Å². The molecule has 1 amide bonds. The Morgan fingerprint density at radius 3 is 2.20 bits per heavy atom. The average Bonchev–Trinajstić information content (AvgIpc) is 3.45. The van der Waals surface area contributed by atoms with Crippen LogP contribution >= 0.6 is 0 Å². The summed E-state index contributed by atoms with van der Waals surface area (Å²) in [5.41, 5.74) is 2.60. The van der Waals surface area contributed by atoms with Crippen molar-refractivity contribution >= 4 is 27.4 Å². The zero-order valence-electron chi connectivity index (χ0n) is 19.6. The molecule has 1 aromatic heterocycles. The van der Waals surface area contributed by atoms with E-state index in [2.05, 4.69) is 20.4 Å². The fourth-order valence-electron chi connectivity index (χ4n) is 4.59. The molecule has 0 spiro atoms. The molecule has 0 saturated carbocycles. The van der Waals surface area contributed by atoms with Gasteiger partial charge in [-0.15, -0.1) is 10.2 Å². The SMILES string of the molecule is O=C(Nc1cccc(-c2ccc(N3CCCC3)nn2)c1)c1ccc(S(=O)(=O)N2CCCCC2)cc1. The molecule has 2 aliphatic rings. The lowest BCUT2D eigenvalue weighted by molar-refractivity contribution is 0.102. The first-order valence-corrected chi connectivity index (χ1v) is 13.6. The minimum atomic E-state index is -3.52. The number of amides is 1. The number of benzene rings is 2. The highest BCUT2D eigenvalue weighted by Crippen LogP contribution is 2.24. The summed E-state index contributed by atoms with van der Waals surface area (Å²) in [6, 6.07) is 17.5. The van der Waals surface area contributed by atoms with Gasteiger partial charge in [0.1, 0.15) is 0 Å². The Labute approximate surface area is 206 Å². The van der Waals surface area contributed by atoms with Crippen LogP contribution in [0.1, 0.15) is 42.5 Å². The Kier molecular flexibility index (Phi) is 6.79. The molecular weight excluding hydrogens is 462 g/mol. The van der Waals surface area contributed by atoms with E-state index < -0.39 is 10.0 Å². The Bertz CT molecular complexity index is 1280. The first kappa shape index (κ1) is 23.4. The van der Waals surface area contributed by atoms with Crippen molar-refractivity contribution in [3.05, 3.63) is 66.2 Å². The predicted octanol–water partition coefficient (Wildman–Crippen LogP) is 4.17. The van der Waals surface area contributed by atoms with Crippen molar-refractivity contribution < 1.29 is 13.2 Å². The molecule has 2 aromatic carbocycles. The minimum absolute atomic E-state index is 0.217. The van der Waals surface area contributed by atoms with E-state index in [4.69, 9.17) is 0 Å². The fourth-order valence-corrected chi connectivity index (χ4v) is 6.10. The Hall–Kier alpha value is -3.30. The molecule has 0 bridgehead atoms. The van der Waals surface area contributed by atoms with E-state index in [0.29, 0.717) is 24.3 Å². The molecule has 9 heteroatoms. The minimum Gasteiger partial charge on any atom is -0.355 e. The lowest BCUT2D eigenvalue weighted by atomic mass is 10.1. The molecule has 182 valence electrons. The lowest BCUT2D eigenvalue weighted by Gasteiger charge is -2.25. The highest BCUT2D eigenvalue weighted by molar-refractivity contribution is 7.89. The van der Waals surface area contributed by atoms with Crippen LogP contribution in [0.15, 0.2) is 65.6 Å². The summed E-state index contributed by atoms with van der Waals surface area (Å²) >= 11 is 0. The van der Waals surface area contributed by atoms with Crippen LogP contribution in [0.25, 0.3) is 11.3 Å². The molecule has 2 fully saturated rings. The third-order valence-corrected chi connectivity index (χ3v) is 8.48. The van der Waals surface area contributed by atoms with Gasteiger partial charge in [-0.3, -0.25) is 4.79 Å². The number of nitrogens with one attached hydrogen (secondary N) is 1. The number of sulfonamides is 1. The molecule has 1 N–H and O–H groups in total. The van der Waals surface area contributed by atoms with E-state index >= 15 is 0 Å². The van der Waals surface area contributed by atoms with Gasteiger partial charge in [0.2, 0.25) is 10.0 Å². The third kappa shape index (κ3) is 5.21. The van der Waals surface area contributed by atoms with Gasteiger partial charge in [0.15, 0.2) is 5.82 Å². The number of aromatic nitrogens is 2. The second-order valence-corrected chi connectivity index (χ2v) is 10.9. The van der Waals surface area contributed by atoms with Crippen molar-refractivity contribution in [3.63, 3.8) is 0 Å². The van der Waals surface area contributed by atoms with Crippen LogP contribution < -0.4 is 10.2 Å². The van der Waals surface area contributed by atoms with Crippen molar-refractivity contribution in [1.29, 1.82) is 0 Å². The van der Waals surface area contributed by atoms with Gasteiger partial charge in [0.25, 0.3) is 5.91 Å². The largest absolute Gasteiger partial charge is 0.355 e. The number of piperidine rings is 1. The first-order chi connectivity index (χ1) is 17.0. The Morgan fingerprint density at radius 1 is 0.800 bits per heavy atom. The highest BCUT2D eigenvalue weighted by Gasteiger charge is 2.26. The average molecular weight is 492 g/mol. The molecule has 2 aliphatic heterocycles. The van der Waals surface area contributed by atoms with Gasteiger partial charge < -0.3 is 10.2 Å². The molecule has 35 heavy (non-hydrogen) atoms. The molecule has 0 radical (unpaired) electrons. The summed E-state index contributed by atoms with van der Waals surface area (Å²) in [6.45, 7) is 3.12. The van der Waals surface area contributed by atoms with E-state index in [-0.39, 0.29) is 10.8 Å². The second kappa shape index (κ2) is 10.1. The summed E-state index contributed by atoms with van der Waals surface area (Å²) in [7, 11) is -3.52. The Morgan fingerprint density at radius 2 is 1.51 bits per heavy atom. The Balaban J connectivity index is 1.26. The summed E-state index contributed by atoms with van der Waals surface area (Å²) in [6.07, 6.45) is 5.19. The molecule has 5 rings (SSSR count). The number of anilines is 2. The molecule has 3 aromatic rings. The lowest BCUT2D eigenvalue weighted by Crippen LogP contribution is -2.35. The van der Waals surface area contributed by atoms with E-state index in [1.165, 1.54) is 29.3 Å². The van der Waals surface area contributed by atoms with Crippen molar-refractivity contribution in [2.45, 2.75) is 37.0 Å². The molecule has 3 heterocycles. The van der Waals surface area contributed by atoms with Crippen LogP contribution in [-0.4, -0.2) is 55.0 Å². The topological polar surface area (TPSA) is 95.5 Å². The van der Waals surface area contributed by atoms with Crippen molar-refractivity contribution in [1.82, 2.24) is 14.5 Å². The zero-order valence-corrected chi connectivity index (χ0v) is 20.4. The smallest absolute Gasteiger partial charge is 0.255 e. The van der Waals surface area contributed by atoms with Gasteiger partial charge >= 0.3 is 0 Å². The number of carbonyl (C=O) groups is 1. The van der Waals surface area contributed by atoms with Gasteiger partial charge in [-0.1, -0.05) is 18.6 Å². The summed E-state index contributed by atoms with van der Waals surface area (Å²) in [5.74, 6) is 0.584. The van der Waals surface area contributed by atoms with Crippen LogP contribution in [0.5, 0.6) is 0 Å². The van der Waals surface area contributed by atoms with Crippen LogP contribution in [0, 0.1) is 0 Å². The van der Waals surface area contributed by atoms with E-state index in [1.807, 2.05) is 36.4 Å². The van der Waals surface area contributed by atoms with Gasteiger partial charge in [-0.25, -0.2) is 8.42 Å². The van der Waals surface area contributed by atoms with E-state index in [0.717, 1.165) is 49.4 Å². The maximum Gasteiger partial charge on any atom is 0.255 e. The second-order valence-electron chi connectivity index (χ2n) is 8.99. The van der Waals surface area contributed by atoms with Crippen molar-refractivity contribution in [2.75, 3.05) is 36.4 Å². The highest BCUT2D eigenvalue weighted by atomic mass is 32.2. The fraction of sp³-hybridized carbons (Fsp3) is 0.346. The molecule has 2 saturated heterocycles. The maximum atomic E-state index is 12.8.